The third kappa shape index (κ3) is 3.24. The first-order valence-corrected chi connectivity index (χ1v) is 8.62. The molecule has 26 heavy (non-hydrogen) atoms. The summed E-state index contributed by atoms with van der Waals surface area (Å²) < 4.78 is 11.5. The lowest BCUT2D eigenvalue weighted by atomic mass is 10.1. The van der Waals surface area contributed by atoms with Crippen LogP contribution in [0, 0.1) is 0 Å². The van der Waals surface area contributed by atoms with Gasteiger partial charge in [-0.2, -0.15) is 0 Å². The Hall–Kier alpha value is -2.98. The minimum atomic E-state index is -0.650. The first-order valence-electron chi connectivity index (χ1n) is 8.24. The summed E-state index contributed by atoms with van der Waals surface area (Å²) in [5.41, 5.74) is 2.22. The van der Waals surface area contributed by atoms with E-state index in [-0.39, 0.29) is 5.91 Å². The molecule has 1 unspecified atom stereocenters. The van der Waals surface area contributed by atoms with Gasteiger partial charge in [-0.05, 0) is 49.4 Å². The topological polar surface area (TPSA) is 51.5 Å². The third-order valence-corrected chi connectivity index (χ3v) is 4.39. The number of amides is 1. The Morgan fingerprint density at radius 2 is 1.73 bits per heavy atom. The number of ether oxygens (including phenoxy) is 1. The fourth-order valence-electron chi connectivity index (χ4n) is 2.82. The highest BCUT2D eigenvalue weighted by Crippen LogP contribution is 2.30. The number of anilines is 1. The molecule has 0 saturated heterocycles. The normalized spacial score (nSPS) is 12.2. The minimum absolute atomic E-state index is 0.240. The monoisotopic (exact) mass is 365 g/mol. The first-order chi connectivity index (χ1) is 12.6. The number of hydrogen-bond donors (Lipinski definition) is 1. The summed E-state index contributed by atoms with van der Waals surface area (Å²) in [5.74, 6) is 0.347. The van der Waals surface area contributed by atoms with Crippen LogP contribution in [0.1, 0.15) is 6.92 Å². The molecule has 0 radical (unpaired) electrons. The van der Waals surface area contributed by atoms with Gasteiger partial charge in [0.15, 0.2) is 6.10 Å². The number of fused-ring (bicyclic) bond motifs is 3. The molecule has 4 nitrogen and oxygen atoms in total. The van der Waals surface area contributed by atoms with Crippen molar-refractivity contribution in [2.24, 2.45) is 0 Å². The highest BCUT2D eigenvalue weighted by molar-refractivity contribution is 6.30. The molecule has 4 rings (SSSR count). The average Bonchev–Trinajstić information content (AvgIpc) is 3.01. The van der Waals surface area contributed by atoms with Gasteiger partial charge in [-0.15, -0.1) is 0 Å². The van der Waals surface area contributed by atoms with E-state index in [1.165, 1.54) is 0 Å². The number of rotatable bonds is 4. The molecule has 4 aromatic rings. The van der Waals surface area contributed by atoms with Gasteiger partial charge in [-0.25, -0.2) is 0 Å². The van der Waals surface area contributed by atoms with Gasteiger partial charge in [0.2, 0.25) is 0 Å². The van der Waals surface area contributed by atoms with Crippen LogP contribution < -0.4 is 10.1 Å². The van der Waals surface area contributed by atoms with Crippen LogP contribution >= 0.6 is 11.6 Å². The molecule has 0 aliphatic carbocycles. The number of benzene rings is 3. The molecule has 0 aliphatic heterocycles. The van der Waals surface area contributed by atoms with Gasteiger partial charge in [-0.3, -0.25) is 4.79 Å². The van der Waals surface area contributed by atoms with E-state index in [1.807, 2.05) is 42.5 Å². The SMILES string of the molecule is CC(Oc1ccc(Cl)cc1)C(=O)Nc1ccc2c(c1)oc1ccccc12. The highest BCUT2D eigenvalue weighted by atomic mass is 35.5. The van der Waals surface area contributed by atoms with Gasteiger partial charge in [0, 0.05) is 27.5 Å². The van der Waals surface area contributed by atoms with Crippen LogP contribution in [0.3, 0.4) is 0 Å². The number of nitrogens with one attached hydrogen (secondary N) is 1. The summed E-state index contributed by atoms with van der Waals surface area (Å²) >= 11 is 5.85. The summed E-state index contributed by atoms with van der Waals surface area (Å²) in [6, 6.07) is 20.4. The number of hydrogen-bond acceptors (Lipinski definition) is 3. The van der Waals surface area contributed by atoms with Crippen molar-refractivity contribution in [3.05, 3.63) is 71.8 Å². The van der Waals surface area contributed by atoms with Crippen molar-refractivity contribution in [1.82, 2.24) is 0 Å². The van der Waals surface area contributed by atoms with Crippen molar-refractivity contribution in [2.75, 3.05) is 5.32 Å². The summed E-state index contributed by atoms with van der Waals surface area (Å²) in [4.78, 5) is 12.4. The molecular formula is C21H16ClNO3. The summed E-state index contributed by atoms with van der Waals surface area (Å²) in [6.07, 6.45) is -0.650. The fourth-order valence-corrected chi connectivity index (χ4v) is 2.94. The Morgan fingerprint density at radius 3 is 2.54 bits per heavy atom. The van der Waals surface area contributed by atoms with Crippen LogP contribution in [-0.4, -0.2) is 12.0 Å². The van der Waals surface area contributed by atoms with Gasteiger partial charge >= 0.3 is 0 Å². The zero-order valence-electron chi connectivity index (χ0n) is 14.0. The summed E-state index contributed by atoms with van der Waals surface area (Å²) in [7, 11) is 0. The Morgan fingerprint density at radius 1 is 1.00 bits per heavy atom. The second kappa shape index (κ2) is 6.73. The molecule has 0 saturated carbocycles. The van der Waals surface area contributed by atoms with Gasteiger partial charge < -0.3 is 14.5 Å². The Labute approximate surface area is 155 Å². The molecule has 0 aliphatic rings. The first kappa shape index (κ1) is 16.5. The van der Waals surface area contributed by atoms with E-state index in [1.54, 1.807) is 31.2 Å². The van der Waals surface area contributed by atoms with E-state index in [0.29, 0.717) is 16.5 Å². The van der Waals surface area contributed by atoms with Crippen LogP contribution in [0.4, 0.5) is 5.69 Å². The van der Waals surface area contributed by atoms with E-state index < -0.39 is 6.10 Å². The van der Waals surface area contributed by atoms with Gasteiger partial charge in [0.25, 0.3) is 5.91 Å². The van der Waals surface area contributed by atoms with Crippen molar-refractivity contribution in [3.8, 4) is 5.75 Å². The Kier molecular flexibility index (Phi) is 4.27. The summed E-state index contributed by atoms with van der Waals surface area (Å²) in [5, 5.41) is 5.55. The fraction of sp³-hybridized carbons (Fsp3) is 0.0952. The smallest absolute Gasteiger partial charge is 0.265 e. The maximum atomic E-state index is 12.4. The molecule has 5 heteroatoms. The summed E-state index contributed by atoms with van der Waals surface area (Å²) in [6.45, 7) is 1.70. The largest absolute Gasteiger partial charge is 0.481 e. The highest BCUT2D eigenvalue weighted by Gasteiger charge is 2.16. The van der Waals surface area contributed by atoms with Crippen molar-refractivity contribution in [1.29, 1.82) is 0 Å². The number of para-hydroxylation sites is 1. The lowest BCUT2D eigenvalue weighted by molar-refractivity contribution is -0.122. The van der Waals surface area contributed by atoms with Crippen molar-refractivity contribution in [3.63, 3.8) is 0 Å². The second-order valence-corrected chi connectivity index (χ2v) is 6.45. The van der Waals surface area contributed by atoms with Gasteiger partial charge in [0.05, 0.1) is 0 Å². The number of carbonyl (C=O) groups is 1. The van der Waals surface area contributed by atoms with Crippen LogP contribution in [0.2, 0.25) is 5.02 Å². The quantitative estimate of drug-likeness (QED) is 0.508. The molecule has 1 atom stereocenters. The molecule has 1 aromatic heterocycles. The molecule has 1 heterocycles. The lowest BCUT2D eigenvalue weighted by Crippen LogP contribution is -2.30. The van der Waals surface area contributed by atoms with Gasteiger partial charge in [0.1, 0.15) is 16.9 Å². The number of carbonyl (C=O) groups excluding carboxylic acids is 1. The van der Waals surface area contributed by atoms with Crippen LogP contribution in [-0.2, 0) is 4.79 Å². The van der Waals surface area contributed by atoms with E-state index >= 15 is 0 Å². The molecule has 0 bridgehead atoms. The predicted octanol–water partition coefficient (Wildman–Crippen LogP) is 5.65. The Bertz CT molecular complexity index is 1090. The number of halogens is 1. The van der Waals surface area contributed by atoms with Crippen molar-refractivity contribution in [2.45, 2.75) is 13.0 Å². The maximum Gasteiger partial charge on any atom is 0.265 e. The number of furan rings is 1. The van der Waals surface area contributed by atoms with E-state index in [9.17, 15) is 4.79 Å². The zero-order chi connectivity index (χ0) is 18.1. The maximum absolute atomic E-state index is 12.4. The zero-order valence-corrected chi connectivity index (χ0v) is 14.8. The van der Waals surface area contributed by atoms with Crippen molar-refractivity contribution >= 4 is 45.1 Å². The molecule has 130 valence electrons. The Balaban J connectivity index is 1.51. The standard InChI is InChI=1S/C21H16ClNO3/c1-13(25-16-9-6-14(22)7-10-16)21(24)23-15-8-11-18-17-4-2-3-5-19(17)26-20(18)12-15/h2-13H,1H3,(H,23,24). The average molecular weight is 366 g/mol. The van der Waals surface area contributed by atoms with E-state index in [4.69, 9.17) is 20.8 Å². The molecule has 0 fully saturated rings. The van der Waals surface area contributed by atoms with E-state index in [2.05, 4.69) is 5.32 Å². The lowest BCUT2D eigenvalue weighted by Gasteiger charge is -2.14. The molecule has 1 amide bonds. The van der Waals surface area contributed by atoms with Crippen LogP contribution in [0.25, 0.3) is 21.9 Å². The van der Waals surface area contributed by atoms with E-state index in [0.717, 1.165) is 21.9 Å². The van der Waals surface area contributed by atoms with Crippen LogP contribution in [0.15, 0.2) is 71.1 Å². The second-order valence-electron chi connectivity index (χ2n) is 6.01. The van der Waals surface area contributed by atoms with Crippen molar-refractivity contribution < 1.29 is 13.9 Å². The molecule has 0 spiro atoms. The van der Waals surface area contributed by atoms with Crippen LogP contribution in [0.5, 0.6) is 5.75 Å². The molecule has 3 aromatic carbocycles. The molecule has 1 N–H and O–H groups in total. The third-order valence-electron chi connectivity index (χ3n) is 4.14. The minimum Gasteiger partial charge on any atom is -0.481 e. The van der Waals surface area contributed by atoms with Gasteiger partial charge in [-0.1, -0.05) is 29.8 Å². The predicted molar refractivity (Wildman–Crippen MR) is 104 cm³/mol. The molecular weight excluding hydrogens is 350 g/mol.